The maximum absolute atomic E-state index is 13.1. The number of methoxy groups -OCH3 is 2. The van der Waals surface area contributed by atoms with Gasteiger partial charge in [0.25, 0.3) is 0 Å². The largest absolute Gasteiger partial charge is 0.468 e. The molecule has 0 amide bonds. The van der Waals surface area contributed by atoms with Gasteiger partial charge in [0.15, 0.2) is 0 Å². The summed E-state index contributed by atoms with van der Waals surface area (Å²) in [5.74, 6) is -1.33. The molecule has 0 saturated heterocycles. The molecule has 0 aliphatic rings. The maximum atomic E-state index is 13.1. The number of nitrogens with zero attached hydrogens (tertiary/aromatic N) is 1. The number of carbonyl (C=O) groups is 2. The Morgan fingerprint density at radius 1 is 1.00 bits per heavy atom. The van der Waals surface area contributed by atoms with Crippen LogP contribution in [0.1, 0.15) is 21.5 Å². The molecule has 2 aromatic carbocycles. The molecule has 0 fully saturated rings. The summed E-state index contributed by atoms with van der Waals surface area (Å²) < 4.78 is 36.6. The molecule has 0 radical (unpaired) electrons. The molecule has 0 spiro atoms. The van der Waals surface area contributed by atoms with E-state index in [1.807, 2.05) is 19.1 Å². The second kappa shape index (κ2) is 8.79. The second-order valence-electron chi connectivity index (χ2n) is 5.80. The summed E-state index contributed by atoms with van der Waals surface area (Å²) in [6.07, 6.45) is 0. The molecule has 0 saturated carbocycles. The first-order valence-corrected chi connectivity index (χ1v) is 9.53. The molecule has 27 heavy (non-hydrogen) atoms. The highest BCUT2D eigenvalue weighted by atomic mass is 32.2. The fourth-order valence-corrected chi connectivity index (χ4v) is 3.87. The fourth-order valence-electron chi connectivity index (χ4n) is 2.46. The molecule has 0 aliphatic carbocycles. The Kier molecular flexibility index (Phi) is 6.70. The van der Waals surface area contributed by atoms with E-state index in [2.05, 4.69) is 9.47 Å². The molecule has 8 heteroatoms. The van der Waals surface area contributed by atoms with Gasteiger partial charge < -0.3 is 9.47 Å². The van der Waals surface area contributed by atoms with Crippen LogP contribution in [0.15, 0.2) is 53.4 Å². The lowest BCUT2D eigenvalue weighted by Crippen LogP contribution is -2.36. The fraction of sp³-hybridized carbons (Fsp3) is 0.263. The Morgan fingerprint density at radius 2 is 1.70 bits per heavy atom. The van der Waals surface area contributed by atoms with Crippen molar-refractivity contribution in [1.82, 2.24) is 4.31 Å². The third-order valence-electron chi connectivity index (χ3n) is 4.03. The summed E-state index contributed by atoms with van der Waals surface area (Å²) in [6.45, 7) is 1.40. The molecule has 2 rings (SSSR count). The van der Waals surface area contributed by atoms with Crippen molar-refractivity contribution >= 4 is 22.0 Å². The SMILES string of the molecule is COC(=O)CN(Cc1ccccc1C)S(=O)(=O)c1cccc(C(=O)OC)c1. The van der Waals surface area contributed by atoms with Gasteiger partial charge in [0.05, 0.1) is 24.7 Å². The minimum atomic E-state index is -4.06. The van der Waals surface area contributed by atoms with Gasteiger partial charge in [0.1, 0.15) is 6.54 Å². The smallest absolute Gasteiger partial charge is 0.337 e. The van der Waals surface area contributed by atoms with Gasteiger partial charge in [-0.25, -0.2) is 13.2 Å². The summed E-state index contributed by atoms with van der Waals surface area (Å²) in [6, 6.07) is 12.8. The minimum Gasteiger partial charge on any atom is -0.468 e. The Labute approximate surface area is 158 Å². The number of ether oxygens (including phenoxy) is 2. The van der Waals surface area contributed by atoms with E-state index in [1.165, 1.54) is 38.5 Å². The van der Waals surface area contributed by atoms with Crippen LogP contribution in [-0.4, -0.2) is 45.4 Å². The molecule has 0 aromatic heterocycles. The van der Waals surface area contributed by atoms with Crippen molar-refractivity contribution in [1.29, 1.82) is 0 Å². The molecule has 0 atom stereocenters. The molecular formula is C19H21NO6S. The monoisotopic (exact) mass is 391 g/mol. The average Bonchev–Trinajstić information content (AvgIpc) is 2.68. The zero-order chi connectivity index (χ0) is 20.0. The van der Waals surface area contributed by atoms with Gasteiger partial charge in [0, 0.05) is 6.54 Å². The number of sulfonamides is 1. The van der Waals surface area contributed by atoms with Crippen LogP contribution in [-0.2, 0) is 30.8 Å². The standard InChI is InChI=1S/C19H21NO6S/c1-14-7-4-5-8-16(14)12-20(13-18(21)25-2)27(23,24)17-10-6-9-15(11-17)19(22)26-3/h4-11H,12-13H2,1-3H3. The summed E-state index contributed by atoms with van der Waals surface area (Å²) in [5.41, 5.74) is 1.76. The van der Waals surface area contributed by atoms with Crippen molar-refractivity contribution in [3.8, 4) is 0 Å². The van der Waals surface area contributed by atoms with Gasteiger partial charge in [-0.15, -0.1) is 0 Å². The predicted molar refractivity (Wildman–Crippen MR) is 98.6 cm³/mol. The molecule has 0 N–H and O–H groups in total. The molecule has 2 aromatic rings. The molecule has 144 valence electrons. The second-order valence-corrected chi connectivity index (χ2v) is 7.73. The van der Waals surface area contributed by atoms with Gasteiger partial charge >= 0.3 is 11.9 Å². The van der Waals surface area contributed by atoms with E-state index < -0.39 is 28.5 Å². The highest BCUT2D eigenvalue weighted by molar-refractivity contribution is 7.89. The molecule has 7 nitrogen and oxygen atoms in total. The van der Waals surface area contributed by atoms with Crippen LogP contribution in [0.2, 0.25) is 0 Å². The zero-order valence-corrected chi connectivity index (χ0v) is 16.2. The normalized spacial score (nSPS) is 11.3. The van der Waals surface area contributed by atoms with E-state index in [0.29, 0.717) is 0 Å². The zero-order valence-electron chi connectivity index (χ0n) is 15.3. The van der Waals surface area contributed by atoms with Crippen LogP contribution in [0.4, 0.5) is 0 Å². The number of aryl methyl sites for hydroxylation is 1. The lowest BCUT2D eigenvalue weighted by atomic mass is 10.1. The number of hydrogen-bond acceptors (Lipinski definition) is 6. The van der Waals surface area contributed by atoms with Gasteiger partial charge in [0.2, 0.25) is 10.0 Å². The van der Waals surface area contributed by atoms with Crippen molar-refractivity contribution in [2.45, 2.75) is 18.4 Å². The van der Waals surface area contributed by atoms with Crippen LogP contribution in [0.5, 0.6) is 0 Å². The van der Waals surface area contributed by atoms with Crippen LogP contribution < -0.4 is 0 Å². The highest BCUT2D eigenvalue weighted by Gasteiger charge is 2.28. The quantitative estimate of drug-likeness (QED) is 0.672. The summed E-state index contributed by atoms with van der Waals surface area (Å²) in [7, 11) is -1.65. The Hall–Kier alpha value is -2.71. The summed E-state index contributed by atoms with van der Waals surface area (Å²) in [5, 5.41) is 0. The number of carbonyl (C=O) groups excluding carboxylic acids is 2. The first kappa shape index (κ1) is 20.6. The minimum absolute atomic E-state index is 0.00738. The van der Waals surface area contributed by atoms with E-state index in [0.717, 1.165) is 15.4 Å². The van der Waals surface area contributed by atoms with Gasteiger partial charge in [-0.3, -0.25) is 4.79 Å². The van der Waals surface area contributed by atoms with E-state index in [-0.39, 0.29) is 17.0 Å². The third-order valence-corrected chi connectivity index (χ3v) is 5.82. The molecule has 0 heterocycles. The summed E-state index contributed by atoms with van der Waals surface area (Å²) >= 11 is 0. The Bertz CT molecular complexity index is 939. The van der Waals surface area contributed by atoms with Gasteiger partial charge in [-0.1, -0.05) is 30.3 Å². The maximum Gasteiger partial charge on any atom is 0.337 e. The van der Waals surface area contributed by atoms with Crippen molar-refractivity contribution in [3.05, 3.63) is 65.2 Å². The third kappa shape index (κ3) is 4.93. The molecule has 0 aliphatic heterocycles. The Balaban J connectivity index is 2.45. The topological polar surface area (TPSA) is 90.0 Å². The van der Waals surface area contributed by atoms with E-state index in [1.54, 1.807) is 12.1 Å². The lowest BCUT2D eigenvalue weighted by molar-refractivity contribution is -0.140. The lowest BCUT2D eigenvalue weighted by Gasteiger charge is -2.22. The van der Waals surface area contributed by atoms with Crippen LogP contribution in [0, 0.1) is 6.92 Å². The van der Waals surface area contributed by atoms with Gasteiger partial charge in [-0.2, -0.15) is 4.31 Å². The molecule has 0 unspecified atom stereocenters. The van der Waals surface area contributed by atoms with E-state index in [4.69, 9.17) is 0 Å². The van der Waals surface area contributed by atoms with Gasteiger partial charge in [-0.05, 0) is 36.2 Å². The van der Waals surface area contributed by atoms with Crippen LogP contribution in [0.3, 0.4) is 0 Å². The van der Waals surface area contributed by atoms with E-state index >= 15 is 0 Å². The van der Waals surface area contributed by atoms with Crippen LogP contribution >= 0.6 is 0 Å². The first-order chi connectivity index (χ1) is 12.8. The Morgan fingerprint density at radius 3 is 2.33 bits per heavy atom. The van der Waals surface area contributed by atoms with E-state index in [9.17, 15) is 18.0 Å². The van der Waals surface area contributed by atoms with Crippen molar-refractivity contribution in [2.24, 2.45) is 0 Å². The summed E-state index contributed by atoms with van der Waals surface area (Å²) in [4.78, 5) is 23.4. The molecular weight excluding hydrogens is 370 g/mol. The molecule has 0 bridgehead atoms. The predicted octanol–water partition coefficient (Wildman–Crippen LogP) is 2.15. The number of esters is 2. The number of benzene rings is 2. The van der Waals surface area contributed by atoms with Crippen molar-refractivity contribution in [2.75, 3.05) is 20.8 Å². The van der Waals surface area contributed by atoms with Crippen molar-refractivity contribution in [3.63, 3.8) is 0 Å². The number of hydrogen-bond donors (Lipinski definition) is 0. The van der Waals surface area contributed by atoms with Crippen LogP contribution in [0.25, 0.3) is 0 Å². The average molecular weight is 391 g/mol. The number of rotatable bonds is 7. The van der Waals surface area contributed by atoms with Crippen molar-refractivity contribution < 1.29 is 27.5 Å². The highest BCUT2D eigenvalue weighted by Crippen LogP contribution is 2.21. The first-order valence-electron chi connectivity index (χ1n) is 8.09.